The molecule has 6 heteroatoms. The van der Waals surface area contributed by atoms with Crippen LogP contribution in [0.4, 0.5) is 0 Å². The molecule has 0 fully saturated rings. The Morgan fingerprint density at radius 2 is 0.667 bits per heavy atom. The standard InChI is InChI=1S/2C6H16O2Si/c2*1-5-9(6-2,7-3)8-4/h2*5-6H2,1-4H3. The van der Waals surface area contributed by atoms with Gasteiger partial charge >= 0.3 is 17.1 Å². The molecule has 0 aliphatic carbocycles. The lowest BCUT2D eigenvalue weighted by molar-refractivity contribution is 0.244. The van der Waals surface area contributed by atoms with Gasteiger partial charge < -0.3 is 17.7 Å². The van der Waals surface area contributed by atoms with Crippen molar-refractivity contribution in [2.45, 2.75) is 51.9 Å². The van der Waals surface area contributed by atoms with Crippen LogP contribution in [-0.2, 0) is 17.7 Å². The van der Waals surface area contributed by atoms with E-state index in [0.717, 1.165) is 24.2 Å². The Morgan fingerprint density at radius 1 is 0.500 bits per heavy atom. The van der Waals surface area contributed by atoms with E-state index in [1.165, 1.54) is 0 Å². The molecular formula is C12H32O4Si2. The van der Waals surface area contributed by atoms with E-state index in [1.807, 2.05) is 0 Å². The summed E-state index contributed by atoms with van der Waals surface area (Å²) in [7, 11) is 3.57. The fourth-order valence-corrected chi connectivity index (χ4v) is 5.46. The van der Waals surface area contributed by atoms with Gasteiger partial charge in [0.2, 0.25) is 0 Å². The van der Waals surface area contributed by atoms with Gasteiger partial charge in [-0.2, -0.15) is 0 Å². The van der Waals surface area contributed by atoms with E-state index in [-0.39, 0.29) is 0 Å². The number of hydrogen-bond acceptors (Lipinski definition) is 4. The molecule has 0 saturated carbocycles. The van der Waals surface area contributed by atoms with Crippen LogP contribution in [0.15, 0.2) is 0 Å². The first kappa shape index (κ1) is 20.6. The van der Waals surface area contributed by atoms with Gasteiger partial charge in [0, 0.05) is 28.4 Å². The minimum absolute atomic E-state index is 1.04. The normalized spacial score (nSPS) is 12.0. The highest BCUT2D eigenvalue weighted by atomic mass is 28.4. The van der Waals surface area contributed by atoms with E-state index in [1.54, 1.807) is 28.4 Å². The Balaban J connectivity index is 0. The van der Waals surface area contributed by atoms with Crippen molar-refractivity contribution >= 4 is 17.1 Å². The van der Waals surface area contributed by atoms with Gasteiger partial charge in [0.1, 0.15) is 0 Å². The number of hydrogen-bond donors (Lipinski definition) is 0. The topological polar surface area (TPSA) is 36.9 Å². The zero-order valence-corrected chi connectivity index (χ0v) is 15.5. The average molecular weight is 297 g/mol. The van der Waals surface area contributed by atoms with Gasteiger partial charge in [0.15, 0.2) is 0 Å². The lowest BCUT2D eigenvalue weighted by atomic mass is 10.9. The van der Waals surface area contributed by atoms with E-state index < -0.39 is 17.1 Å². The molecule has 0 N–H and O–H groups in total. The second kappa shape index (κ2) is 11.1. The summed E-state index contributed by atoms with van der Waals surface area (Å²) in [6.07, 6.45) is 0. The summed E-state index contributed by atoms with van der Waals surface area (Å²) in [5, 5.41) is 0. The Kier molecular flexibility index (Phi) is 12.7. The predicted molar refractivity (Wildman–Crippen MR) is 81.5 cm³/mol. The molecule has 0 radical (unpaired) electrons. The van der Waals surface area contributed by atoms with Gasteiger partial charge in [0.05, 0.1) is 0 Å². The van der Waals surface area contributed by atoms with E-state index >= 15 is 0 Å². The summed E-state index contributed by atoms with van der Waals surface area (Å²) < 4.78 is 21.2. The Hall–Kier alpha value is 0.274. The Labute approximate surface area is 115 Å². The van der Waals surface area contributed by atoms with Crippen molar-refractivity contribution in [2.75, 3.05) is 28.4 Å². The smallest absolute Gasteiger partial charge is 0.337 e. The quantitative estimate of drug-likeness (QED) is 0.642. The van der Waals surface area contributed by atoms with Crippen molar-refractivity contribution in [3.05, 3.63) is 0 Å². The van der Waals surface area contributed by atoms with Crippen LogP contribution in [0.5, 0.6) is 0 Å². The monoisotopic (exact) mass is 296 g/mol. The molecule has 112 valence electrons. The lowest BCUT2D eigenvalue weighted by Crippen LogP contribution is -2.37. The molecule has 0 rings (SSSR count). The maximum Gasteiger partial charge on any atom is 0.337 e. The van der Waals surface area contributed by atoms with Crippen LogP contribution >= 0.6 is 0 Å². The fourth-order valence-electron chi connectivity index (χ4n) is 1.82. The second-order valence-electron chi connectivity index (χ2n) is 4.05. The summed E-state index contributed by atoms with van der Waals surface area (Å²) >= 11 is 0. The van der Waals surface area contributed by atoms with E-state index in [0.29, 0.717) is 0 Å². The summed E-state index contributed by atoms with van der Waals surface area (Å²) in [4.78, 5) is 0. The van der Waals surface area contributed by atoms with E-state index in [9.17, 15) is 0 Å². The highest BCUT2D eigenvalue weighted by Gasteiger charge is 2.30. The van der Waals surface area contributed by atoms with Crippen LogP contribution in [-0.4, -0.2) is 45.6 Å². The van der Waals surface area contributed by atoms with E-state index in [2.05, 4.69) is 27.7 Å². The fraction of sp³-hybridized carbons (Fsp3) is 1.00. The molecule has 0 aromatic heterocycles. The Morgan fingerprint density at radius 3 is 0.667 bits per heavy atom. The first-order chi connectivity index (χ1) is 8.49. The third-order valence-corrected chi connectivity index (χ3v) is 10.9. The summed E-state index contributed by atoms with van der Waals surface area (Å²) in [5.41, 5.74) is 0. The summed E-state index contributed by atoms with van der Waals surface area (Å²) in [6, 6.07) is 4.15. The minimum atomic E-state index is -1.69. The molecule has 18 heavy (non-hydrogen) atoms. The van der Waals surface area contributed by atoms with Crippen molar-refractivity contribution in [3.8, 4) is 0 Å². The molecule has 0 amide bonds. The van der Waals surface area contributed by atoms with Crippen molar-refractivity contribution in [1.29, 1.82) is 0 Å². The zero-order chi connectivity index (χ0) is 14.7. The number of rotatable bonds is 8. The molecule has 0 aliphatic rings. The molecule has 0 unspecified atom stereocenters. The molecule has 0 aromatic rings. The van der Waals surface area contributed by atoms with Crippen LogP contribution in [0.3, 0.4) is 0 Å². The highest BCUT2D eigenvalue weighted by molar-refractivity contribution is 6.67. The van der Waals surface area contributed by atoms with Crippen LogP contribution < -0.4 is 0 Å². The van der Waals surface area contributed by atoms with Crippen molar-refractivity contribution in [2.24, 2.45) is 0 Å². The molecule has 0 saturated heterocycles. The average Bonchev–Trinajstić information content (AvgIpc) is 2.46. The van der Waals surface area contributed by atoms with Crippen molar-refractivity contribution in [1.82, 2.24) is 0 Å². The summed E-state index contributed by atoms with van der Waals surface area (Å²) in [5.74, 6) is 0. The van der Waals surface area contributed by atoms with Gasteiger partial charge in [-0.25, -0.2) is 0 Å². The third-order valence-electron chi connectivity index (χ3n) is 3.64. The molecule has 0 aliphatic heterocycles. The predicted octanol–water partition coefficient (Wildman–Crippen LogP) is 3.52. The Bertz CT molecular complexity index is 128. The first-order valence-corrected chi connectivity index (χ1v) is 11.2. The van der Waals surface area contributed by atoms with Crippen LogP contribution in [0.25, 0.3) is 0 Å². The first-order valence-electron chi connectivity index (χ1n) is 6.69. The molecule has 4 nitrogen and oxygen atoms in total. The van der Waals surface area contributed by atoms with Crippen LogP contribution in [0, 0.1) is 0 Å². The highest BCUT2D eigenvalue weighted by Crippen LogP contribution is 2.15. The maximum atomic E-state index is 5.30. The van der Waals surface area contributed by atoms with Gasteiger partial charge in [-0.3, -0.25) is 0 Å². The van der Waals surface area contributed by atoms with E-state index in [4.69, 9.17) is 17.7 Å². The van der Waals surface area contributed by atoms with Gasteiger partial charge in [-0.05, 0) is 24.2 Å². The lowest BCUT2D eigenvalue weighted by Gasteiger charge is -2.23. The van der Waals surface area contributed by atoms with Gasteiger partial charge in [-0.1, -0.05) is 27.7 Å². The molecule has 0 aromatic carbocycles. The van der Waals surface area contributed by atoms with Gasteiger partial charge in [0.25, 0.3) is 0 Å². The summed E-state index contributed by atoms with van der Waals surface area (Å²) in [6.45, 7) is 8.46. The molecule has 0 bridgehead atoms. The zero-order valence-electron chi connectivity index (χ0n) is 13.5. The van der Waals surface area contributed by atoms with Crippen LogP contribution in [0.1, 0.15) is 27.7 Å². The minimum Gasteiger partial charge on any atom is -0.398 e. The van der Waals surface area contributed by atoms with Crippen molar-refractivity contribution in [3.63, 3.8) is 0 Å². The molecule has 0 heterocycles. The van der Waals surface area contributed by atoms with Gasteiger partial charge in [-0.15, -0.1) is 0 Å². The second-order valence-corrected chi connectivity index (χ2v) is 12.2. The van der Waals surface area contributed by atoms with Crippen LogP contribution in [0.2, 0.25) is 24.2 Å². The van der Waals surface area contributed by atoms with Crippen molar-refractivity contribution < 1.29 is 17.7 Å². The largest absolute Gasteiger partial charge is 0.398 e. The molecule has 0 atom stereocenters. The third kappa shape index (κ3) is 6.44. The molecular weight excluding hydrogens is 264 g/mol. The SMILES string of the molecule is CC[Si](CC)(OC)OC.CC[Si](CC)(OC)OC. The maximum absolute atomic E-state index is 5.30. The molecule has 0 spiro atoms.